The minimum atomic E-state index is -4.46. The molecule has 2 aromatic rings. The number of benzene rings is 2. The van der Waals surface area contributed by atoms with E-state index in [9.17, 15) is 22.4 Å². The van der Waals surface area contributed by atoms with Gasteiger partial charge in [-0.15, -0.1) is 0 Å². The maximum Gasteiger partial charge on any atom is 0.416 e. The van der Waals surface area contributed by atoms with E-state index in [1.807, 2.05) is 0 Å². The van der Waals surface area contributed by atoms with Gasteiger partial charge >= 0.3 is 12.1 Å². The van der Waals surface area contributed by atoms with Gasteiger partial charge in [-0.2, -0.15) is 13.2 Å². The van der Waals surface area contributed by atoms with Gasteiger partial charge in [0.2, 0.25) is 0 Å². The summed E-state index contributed by atoms with van der Waals surface area (Å²) in [5, 5.41) is 0.125. The van der Waals surface area contributed by atoms with E-state index in [2.05, 4.69) is 0 Å². The molecule has 2 aromatic carbocycles. The minimum absolute atomic E-state index is 0.0649. The standard InChI is InChI=1S/C19H17ClF4O3/c1-2-26-17(25)11-12-9-15(18(16(20)10-12)27-8-7-21)13-3-5-14(6-4-13)19(22,23)24/h3-6,9-10H,2,7-8,11H2,1H3. The van der Waals surface area contributed by atoms with Crippen LogP contribution in [0.2, 0.25) is 5.02 Å². The third-order valence-electron chi connectivity index (χ3n) is 3.60. The molecule has 0 fully saturated rings. The van der Waals surface area contributed by atoms with Gasteiger partial charge in [0.25, 0.3) is 0 Å². The van der Waals surface area contributed by atoms with Gasteiger partial charge in [-0.3, -0.25) is 4.79 Å². The summed E-state index contributed by atoms with van der Waals surface area (Å²) in [6.07, 6.45) is -4.53. The Hall–Kier alpha value is -2.28. The third kappa shape index (κ3) is 5.60. The van der Waals surface area contributed by atoms with E-state index in [4.69, 9.17) is 21.1 Å². The lowest BCUT2D eigenvalue weighted by Crippen LogP contribution is -2.08. The molecule has 27 heavy (non-hydrogen) atoms. The normalized spacial score (nSPS) is 11.3. The predicted octanol–water partition coefficient (Wildman–Crippen LogP) is 5.48. The zero-order valence-electron chi connectivity index (χ0n) is 14.4. The van der Waals surface area contributed by atoms with Crippen molar-refractivity contribution in [2.45, 2.75) is 19.5 Å². The zero-order valence-corrected chi connectivity index (χ0v) is 15.2. The Balaban J connectivity index is 2.46. The molecule has 146 valence electrons. The Morgan fingerprint density at radius 2 is 1.81 bits per heavy atom. The topological polar surface area (TPSA) is 35.5 Å². The molecule has 8 heteroatoms. The number of esters is 1. The zero-order chi connectivity index (χ0) is 20.0. The number of carbonyl (C=O) groups excluding carboxylic acids is 1. The fraction of sp³-hybridized carbons (Fsp3) is 0.316. The SMILES string of the molecule is CCOC(=O)Cc1cc(Cl)c(OCCF)c(-c2ccc(C(F)(F)F)cc2)c1. The molecule has 0 aliphatic heterocycles. The number of hydrogen-bond acceptors (Lipinski definition) is 3. The van der Waals surface area contributed by atoms with E-state index in [1.165, 1.54) is 18.2 Å². The second-order valence-electron chi connectivity index (χ2n) is 5.55. The lowest BCUT2D eigenvalue weighted by atomic mass is 9.99. The molecule has 0 saturated heterocycles. The monoisotopic (exact) mass is 404 g/mol. The highest BCUT2D eigenvalue weighted by Gasteiger charge is 2.30. The van der Waals surface area contributed by atoms with Crippen LogP contribution in [0.5, 0.6) is 5.75 Å². The predicted molar refractivity (Wildman–Crippen MR) is 93.7 cm³/mol. The average Bonchev–Trinajstić information content (AvgIpc) is 2.60. The molecular formula is C19H17ClF4O3. The Morgan fingerprint density at radius 1 is 1.15 bits per heavy atom. The molecule has 3 nitrogen and oxygen atoms in total. The summed E-state index contributed by atoms with van der Waals surface area (Å²) >= 11 is 6.21. The van der Waals surface area contributed by atoms with Crippen LogP contribution in [-0.2, 0) is 22.1 Å². The molecular weight excluding hydrogens is 388 g/mol. The van der Waals surface area contributed by atoms with Crippen molar-refractivity contribution in [2.24, 2.45) is 0 Å². The van der Waals surface area contributed by atoms with Gasteiger partial charge in [-0.25, -0.2) is 4.39 Å². The summed E-state index contributed by atoms with van der Waals surface area (Å²) in [4.78, 5) is 11.7. The van der Waals surface area contributed by atoms with Crippen molar-refractivity contribution in [2.75, 3.05) is 19.9 Å². The molecule has 2 rings (SSSR count). The maximum atomic E-state index is 12.8. The number of halogens is 5. The first-order valence-electron chi connectivity index (χ1n) is 8.10. The third-order valence-corrected chi connectivity index (χ3v) is 3.88. The van der Waals surface area contributed by atoms with Crippen molar-refractivity contribution in [1.29, 1.82) is 0 Å². The summed E-state index contributed by atoms with van der Waals surface area (Å²) in [6.45, 7) is 0.875. The fourth-order valence-corrected chi connectivity index (χ4v) is 2.77. The van der Waals surface area contributed by atoms with Crippen molar-refractivity contribution < 1.29 is 31.8 Å². The summed E-state index contributed by atoms with van der Waals surface area (Å²) in [7, 11) is 0. The largest absolute Gasteiger partial charge is 0.489 e. The van der Waals surface area contributed by atoms with Crippen LogP contribution in [0.4, 0.5) is 17.6 Å². The van der Waals surface area contributed by atoms with Gasteiger partial charge in [-0.05, 0) is 42.3 Å². The van der Waals surface area contributed by atoms with Crippen molar-refractivity contribution in [3.63, 3.8) is 0 Å². The molecule has 0 spiro atoms. The van der Waals surface area contributed by atoms with Crippen LogP contribution in [0.25, 0.3) is 11.1 Å². The van der Waals surface area contributed by atoms with Crippen molar-refractivity contribution in [3.8, 4) is 16.9 Å². The number of carbonyl (C=O) groups is 1. The number of rotatable bonds is 7. The quantitative estimate of drug-likeness (QED) is 0.453. The molecule has 0 aliphatic carbocycles. The van der Waals surface area contributed by atoms with Crippen LogP contribution in [0.3, 0.4) is 0 Å². The lowest BCUT2D eigenvalue weighted by molar-refractivity contribution is -0.142. The fourth-order valence-electron chi connectivity index (χ4n) is 2.47. The van der Waals surface area contributed by atoms with Crippen LogP contribution in [0, 0.1) is 0 Å². The molecule has 0 aliphatic rings. The summed E-state index contributed by atoms with van der Waals surface area (Å²) in [5.41, 5.74) is 0.459. The van der Waals surface area contributed by atoms with Crippen LogP contribution in [-0.4, -0.2) is 25.9 Å². The first-order chi connectivity index (χ1) is 12.8. The van der Waals surface area contributed by atoms with Gasteiger partial charge in [-0.1, -0.05) is 23.7 Å². The summed E-state index contributed by atoms with van der Waals surface area (Å²) in [5.74, 6) is -0.328. The molecule has 0 unspecified atom stereocenters. The van der Waals surface area contributed by atoms with E-state index in [1.54, 1.807) is 13.0 Å². The van der Waals surface area contributed by atoms with Gasteiger partial charge < -0.3 is 9.47 Å². The van der Waals surface area contributed by atoms with Crippen molar-refractivity contribution >= 4 is 17.6 Å². The van der Waals surface area contributed by atoms with Crippen LogP contribution < -0.4 is 4.74 Å². The van der Waals surface area contributed by atoms with Crippen LogP contribution in [0.1, 0.15) is 18.1 Å². The minimum Gasteiger partial charge on any atom is -0.489 e. The number of ether oxygens (including phenoxy) is 2. The van der Waals surface area contributed by atoms with Crippen LogP contribution >= 0.6 is 11.6 Å². The summed E-state index contributed by atoms with van der Waals surface area (Å²) < 4.78 is 61.1. The smallest absolute Gasteiger partial charge is 0.416 e. The van der Waals surface area contributed by atoms with Gasteiger partial charge in [0, 0.05) is 5.56 Å². The Labute approximate surface area is 158 Å². The number of hydrogen-bond donors (Lipinski definition) is 0. The molecule has 0 N–H and O–H groups in total. The molecule has 0 saturated carbocycles. The van der Waals surface area contributed by atoms with E-state index < -0.39 is 24.4 Å². The second kappa shape index (κ2) is 9.08. The van der Waals surface area contributed by atoms with Crippen molar-refractivity contribution in [3.05, 3.63) is 52.5 Å². The highest BCUT2D eigenvalue weighted by atomic mass is 35.5. The second-order valence-corrected chi connectivity index (χ2v) is 5.96. The molecule has 0 atom stereocenters. The van der Waals surface area contributed by atoms with Crippen molar-refractivity contribution in [1.82, 2.24) is 0 Å². The van der Waals surface area contributed by atoms with E-state index in [0.29, 0.717) is 16.7 Å². The highest BCUT2D eigenvalue weighted by molar-refractivity contribution is 6.32. The van der Waals surface area contributed by atoms with E-state index >= 15 is 0 Å². The lowest BCUT2D eigenvalue weighted by Gasteiger charge is -2.15. The molecule has 0 bridgehead atoms. The maximum absolute atomic E-state index is 12.8. The van der Waals surface area contributed by atoms with Gasteiger partial charge in [0.05, 0.1) is 23.6 Å². The Morgan fingerprint density at radius 3 is 2.37 bits per heavy atom. The van der Waals surface area contributed by atoms with Gasteiger partial charge in [0.1, 0.15) is 19.0 Å². The average molecular weight is 405 g/mol. The highest BCUT2D eigenvalue weighted by Crippen LogP contribution is 2.39. The van der Waals surface area contributed by atoms with E-state index in [-0.39, 0.29) is 30.4 Å². The van der Waals surface area contributed by atoms with Gasteiger partial charge in [0.15, 0.2) is 0 Å². The molecule has 0 radical (unpaired) electrons. The van der Waals surface area contributed by atoms with Crippen LogP contribution in [0.15, 0.2) is 36.4 Å². The molecule has 0 heterocycles. The van der Waals surface area contributed by atoms with E-state index in [0.717, 1.165) is 12.1 Å². The Kier molecular flexibility index (Phi) is 7.07. The first kappa shape index (κ1) is 21.0. The Bertz CT molecular complexity index is 789. The molecule has 0 amide bonds. The molecule has 0 aromatic heterocycles. The first-order valence-corrected chi connectivity index (χ1v) is 8.48. The number of alkyl halides is 4. The summed E-state index contributed by atoms with van der Waals surface area (Å²) in [6, 6.07) is 7.45.